The van der Waals surface area contributed by atoms with E-state index in [1.54, 1.807) is 6.92 Å². The molecule has 0 saturated carbocycles. The summed E-state index contributed by atoms with van der Waals surface area (Å²) in [6, 6.07) is 8.69. The van der Waals surface area contributed by atoms with Gasteiger partial charge in [0.25, 0.3) is 0 Å². The molecule has 3 aliphatic rings. The van der Waals surface area contributed by atoms with Gasteiger partial charge in [0.15, 0.2) is 0 Å². The number of piperidine rings is 1. The van der Waals surface area contributed by atoms with Gasteiger partial charge in [-0.15, -0.1) is 0 Å². The number of nitrogens with one attached hydrogen (secondary N) is 1. The highest BCUT2D eigenvalue weighted by molar-refractivity contribution is 5.73. The highest BCUT2D eigenvalue weighted by Crippen LogP contribution is 2.52. The molecule has 1 aromatic carbocycles. The molecule has 2 fully saturated rings. The van der Waals surface area contributed by atoms with Crippen LogP contribution in [0.2, 0.25) is 0 Å². The first kappa shape index (κ1) is 17.0. The van der Waals surface area contributed by atoms with E-state index in [1.807, 2.05) is 4.90 Å². The quantitative estimate of drug-likeness (QED) is 0.807. The Labute approximate surface area is 150 Å². The molecule has 2 aliphatic heterocycles. The van der Waals surface area contributed by atoms with Crippen molar-refractivity contribution in [3.63, 3.8) is 0 Å². The van der Waals surface area contributed by atoms with Crippen molar-refractivity contribution in [3.8, 4) is 0 Å². The first-order chi connectivity index (χ1) is 12.1. The van der Waals surface area contributed by atoms with E-state index in [1.165, 1.54) is 11.1 Å². The molecular weight excluding hydrogens is 314 g/mol. The maximum absolute atomic E-state index is 11.7. The highest BCUT2D eigenvalue weighted by atomic mass is 16.3. The second-order valence-corrected chi connectivity index (χ2v) is 7.78. The van der Waals surface area contributed by atoms with Crippen LogP contribution in [0.4, 0.5) is 0 Å². The van der Waals surface area contributed by atoms with Crippen LogP contribution in [-0.2, 0) is 10.2 Å². The average Bonchev–Trinajstić information content (AvgIpc) is 2.80. The maximum Gasteiger partial charge on any atom is 0.219 e. The Kier molecular flexibility index (Phi) is 4.56. The molecule has 0 unspecified atom stereocenters. The summed E-state index contributed by atoms with van der Waals surface area (Å²) in [5, 5.41) is 14.9. The molecule has 4 rings (SSSR count). The zero-order valence-corrected chi connectivity index (χ0v) is 15.1. The van der Waals surface area contributed by atoms with Gasteiger partial charge in [0, 0.05) is 38.5 Å². The molecule has 2 atom stereocenters. The van der Waals surface area contributed by atoms with Crippen LogP contribution >= 0.6 is 0 Å². The smallest absolute Gasteiger partial charge is 0.219 e. The van der Waals surface area contributed by atoms with Gasteiger partial charge in [-0.25, -0.2) is 0 Å². The van der Waals surface area contributed by atoms with Gasteiger partial charge in [-0.05, 0) is 43.5 Å². The summed E-state index contributed by atoms with van der Waals surface area (Å²) in [5.74, 6) is 0.157. The lowest BCUT2D eigenvalue weighted by Gasteiger charge is -2.40. The summed E-state index contributed by atoms with van der Waals surface area (Å²) in [5.41, 5.74) is 2.54. The van der Waals surface area contributed by atoms with E-state index in [0.717, 1.165) is 58.5 Å². The molecule has 2 N–H and O–H groups in total. The summed E-state index contributed by atoms with van der Waals surface area (Å²) in [6.07, 6.45) is 2.60. The highest BCUT2D eigenvalue weighted by Gasteiger charge is 2.53. The molecule has 25 heavy (non-hydrogen) atoms. The molecule has 1 aromatic rings. The van der Waals surface area contributed by atoms with Crippen LogP contribution in [0, 0.1) is 0 Å². The van der Waals surface area contributed by atoms with Crippen LogP contribution in [-0.4, -0.2) is 66.2 Å². The van der Waals surface area contributed by atoms with Crippen LogP contribution in [0.5, 0.6) is 0 Å². The first-order valence-electron chi connectivity index (χ1n) is 9.61. The molecule has 1 amide bonds. The second-order valence-electron chi connectivity index (χ2n) is 7.78. The Balaban J connectivity index is 1.65. The third-order valence-electron chi connectivity index (χ3n) is 6.55. The topological polar surface area (TPSA) is 55.8 Å². The van der Waals surface area contributed by atoms with Crippen molar-refractivity contribution >= 4 is 5.91 Å². The predicted molar refractivity (Wildman–Crippen MR) is 97.4 cm³/mol. The van der Waals surface area contributed by atoms with E-state index in [-0.39, 0.29) is 23.5 Å². The van der Waals surface area contributed by atoms with E-state index in [9.17, 15) is 9.90 Å². The van der Waals surface area contributed by atoms with Crippen molar-refractivity contribution < 1.29 is 9.90 Å². The van der Waals surface area contributed by atoms with Crippen molar-refractivity contribution in [2.75, 3.05) is 39.3 Å². The number of fused-ring (bicyclic) bond motifs is 2. The minimum atomic E-state index is -0.365. The normalized spacial score (nSPS) is 29.4. The number of rotatable bonds is 1. The molecule has 1 spiro atoms. The second kappa shape index (κ2) is 6.71. The number of nitrogens with zero attached hydrogens (tertiary/aromatic N) is 2. The lowest BCUT2D eigenvalue weighted by Crippen LogP contribution is -2.49. The third kappa shape index (κ3) is 2.78. The number of hydrogen-bond acceptors (Lipinski definition) is 4. The fraction of sp³-hybridized carbons (Fsp3) is 0.650. The predicted octanol–water partition coefficient (Wildman–Crippen LogP) is 1.28. The number of aliphatic hydroxyl groups excluding tert-OH is 1. The molecule has 5 heteroatoms. The van der Waals surface area contributed by atoms with Gasteiger partial charge < -0.3 is 15.3 Å². The van der Waals surface area contributed by atoms with Crippen molar-refractivity contribution in [2.45, 2.75) is 43.7 Å². The van der Waals surface area contributed by atoms with Crippen LogP contribution in [0.15, 0.2) is 24.3 Å². The fourth-order valence-corrected chi connectivity index (χ4v) is 5.20. The van der Waals surface area contributed by atoms with E-state index < -0.39 is 0 Å². The van der Waals surface area contributed by atoms with Gasteiger partial charge in [-0.2, -0.15) is 0 Å². The Hall–Kier alpha value is -1.43. The Bertz CT molecular complexity index is 642. The lowest BCUT2D eigenvalue weighted by atomic mass is 9.72. The Morgan fingerprint density at radius 1 is 1.16 bits per heavy atom. The van der Waals surface area contributed by atoms with E-state index >= 15 is 0 Å². The summed E-state index contributed by atoms with van der Waals surface area (Å²) < 4.78 is 0. The minimum absolute atomic E-state index is 0.0567. The molecule has 1 aliphatic carbocycles. The van der Waals surface area contributed by atoms with Gasteiger partial charge in [-0.3, -0.25) is 9.69 Å². The van der Waals surface area contributed by atoms with Crippen molar-refractivity contribution in [3.05, 3.63) is 35.4 Å². The zero-order chi connectivity index (χ0) is 17.4. The molecule has 0 bridgehead atoms. The van der Waals surface area contributed by atoms with Gasteiger partial charge in [-0.1, -0.05) is 24.3 Å². The number of amides is 1. The standard InChI is InChI=1S/C20H29N3O2/c1-15(24)22-11-4-12-23(14-13-22)18-16-5-2-3-6-17(16)20(19(18)25)7-9-21-10-8-20/h2-3,5-6,18-19,21,25H,4,7-14H2,1H3/t18-,19+/m0/s1. The molecule has 0 aromatic heterocycles. The number of aliphatic hydroxyl groups is 1. The minimum Gasteiger partial charge on any atom is -0.390 e. The molecule has 136 valence electrons. The average molecular weight is 343 g/mol. The zero-order valence-electron chi connectivity index (χ0n) is 15.1. The van der Waals surface area contributed by atoms with Crippen molar-refractivity contribution in [2.24, 2.45) is 0 Å². The molecule has 0 radical (unpaired) electrons. The fourth-order valence-electron chi connectivity index (χ4n) is 5.20. The summed E-state index contributed by atoms with van der Waals surface area (Å²) >= 11 is 0. The monoisotopic (exact) mass is 343 g/mol. The number of hydrogen-bond donors (Lipinski definition) is 2. The van der Waals surface area contributed by atoms with Crippen LogP contribution < -0.4 is 5.32 Å². The lowest BCUT2D eigenvalue weighted by molar-refractivity contribution is -0.128. The van der Waals surface area contributed by atoms with Crippen molar-refractivity contribution in [1.82, 2.24) is 15.1 Å². The van der Waals surface area contributed by atoms with E-state index in [0.29, 0.717) is 0 Å². The Morgan fingerprint density at radius 3 is 2.68 bits per heavy atom. The summed E-state index contributed by atoms with van der Waals surface area (Å²) in [7, 11) is 0. The van der Waals surface area contributed by atoms with Gasteiger partial charge in [0.05, 0.1) is 12.1 Å². The summed E-state index contributed by atoms with van der Waals surface area (Å²) in [4.78, 5) is 16.1. The van der Waals surface area contributed by atoms with Gasteiger partial charge in [0.2, 0.25) is 5.91 Å². The van der Waals surface area contributed by atoms with Crippen LogP contribution in [0.3, 0.4) is 0 Å². The van der Waals surface area contributed by atoms with E-state index in [2.05, 4.69) is 34.5 Å². The van der Waals surface area contributed by atoms with Crippen molar-refractivity contribution in [1.29, 1.82) is 0 Å². The molecule has 2 saturated heterocycles. The van der Waals surface area contributed by atoms with Crippen LogP contribution in [0.25, 0.3) is 0 Å². The Morgan fingerprint density at radius 2 is 1.92 bits per heavy atom. The first-order valence-corrected chi connectivity index (χ1v) is 9.61. The number of benzene rings is 1. The summed E-state index contributed by atoms with van der Waals surface area (Å²) in [6.45, 7) is 6.95. The van der Waals surface area contributed by atoms with Crippen LogP contribution in [0.1, 0.15) is 43.4 Å². The molecule has 5 nitrogen and oxygen atoms in total. The molecule has 2 heterocycles. The third-order valence-corrected chi connectivity index (χ3v) is 6.55. The largest absolute Gasteiger partial charge is 0.390 e. The van der Waals surface area contributed by atoms with E-state index in [4.69, 9.17) is 0 Å². The van der Waals surface area contributed by atoms with Gasteiger partial charge in [0.1, 0.15) is 0 Å². The van der Waals surface area contributed by atoms with Gasteiger partial charge >= 0.3 is 0 Å². The maximum atomic E-state index is 11.7. The number of carbonyl (C=O) groups excluding carboxylic acids is 1. The number of carbonyl (C=O) groups is 1. The SMILES string of the molecule is CC(=O)N1CCCN([C@H]2c3ccccc3C3(CCNCC3)[C@@H]2O)CC1. The molecular formula is C20H29N3O2.